The minimum atomic E-state index is 0.829. The van der Waals surface area contributed by atoms with Crippen LogP contribution >= 0.6 is 0 Å². The number of hydrogen-bond donors (Lipinski definition) is 1. The van der Waals surface area contributed by atoms with Gasteiger partial charge in [-0.2, -0.15) is 0 Å². The summed E-state index contributed by atoms with van der Waals surface area (Å²) >= 11 is 0. The van der Waals surface area contributed by atoms with Gasteiger partial charge in [0.25, 0.3) is 0 Å². The third-order valence-electron chi connectivity index (χ3n) is 3.78. The van der Waals surface area contributed by atoms with Gasteiger partial charge in [-0.1, -0.05) is 31.2 Å². The minimum Gasteiger partial charge on any atom is -0.330 e. The quantitative estimate of drug-likeness (QED) is 0.845. The lowest BCUT2D eigenvalue weighted by atomic mass is 10.1. The van der Waals surface area contributed by atoms with Crippen LogP contribution in [0.4, 0.5) is 0 Å². The molecular formula is C15H24N2. The molecule has 1 heterocycles. The van der Waals surface area contributed by atoms with Crippen molar-refractivity contribution in [2.24, 2.45) is 11.7 Å². The highest BCUT2D eigenvalue weighted by atomic mass is 15.1. The summed E-state index contributed by atoms with van der Waals surface area (Å²) in [5, 5.41) is 0. The molecule has 0 aliphatic carbocycles. The molecule has 1 aromatic rings. The SMILES string of the molecule is CCc1ccc(CN2CCC(CCN)C2)cc1. The van der Waals surface area contributed by atoms with Gasteiger partial charge in [0.1, 0.15) is 0 Å². The van der Waals surface area contributed by atoms with Crippen molar-refractivity contribution in [1.29, 1.82) is 0 Å². The number of nitrogens with zero attached hydrogens (tertiary/aromatic N) is 1. The van der Waals surface area contributed by atoms with E-state index < -0.39 is 0 Å². The van der Waals surface area contributed by atoms with Crippen molar-refractivity contribution in [2.75, 3.05) is 19.6 Å². The highest BCUT2D eigenvalue weighted by molar-refractivity contribution is 5.22. The lowest BCUT2D eigenvalue weighted by Gasteiger charge is -2.16. The maximum Gasteiger partial charge on any atom is 0.0233 e. The number of benzene rings is 1. The molecule has 2 rings (SSSR count). The van der Waals surface area contributed by atoms with E-state index in [1.165, 1.54) is 37.1 Å². The monoisotopic (exact) mass is 232 g/mol. The highest BCUT2D eigenvalue weighted by Gasteiger charge is 2.21. The van der Waals surface area contributed by atoms with Crippen LogP contribution in [0.5, 0.6) is 0 Å². The fourth-order valence-corrected chi connectivity index (χ4v) is 2.67. The summed E-state index contributed by atoms with van der Waals surface area (Å²) in [6.45, 7) is 6.61. The van der Waals surface area contributed by atoms with E-state index in [9.17, 15) is 0 Å². The number of likely N-dealkylation sites (tertiary alicyclic amines) is 1. The van der Waals surface area contributed by atoms with E-state index >= 15 is 0 Å². The van der Waals surface area contributed by atoms with Gasteiger partial charge in [-0.3, -0.25) is 4.90 Å². The second-order valence-corrected chi connectivity index (χ2v) is 5.14. The van der Waals surface area contributed by atoms with Crippen LogP contribution in [0, 0.1) is 5.92 Å². The van der Waals surface area contributed by atoms with Crippen LogP contribution in [-0.2, 0) is 13.0 Å². The van der Waals surface area contributed by atoms with E-state index in [0.29, 0.717) is 0 Å². The van der Waals surface area contributed by atoms with Crippen LogP contribution in [0.2, 0.25) is 0 Å². The third-order valence-corrected chi connectivity index (χ3v) is 3.78. The molecule has 1 saturated heterocycles. The van der Waals surface area contributed by atoms with Crippen LogP contribution < -0.4 is 5.73 Å². The molecule has 0 spiro atoms. The Morgan fingerprint density at radius 1 is 1.24 bits per heavy atom. The molecule has 1 unspecified atom stereocenters. The fraction of sp³-hybridized carbons (Fsp3) is 0.600. The Morgan fingerprint density at radius 2 is 1.94 bits per heavy atom. The number of aryl methyl sites for hydroxylation is 1. The van der Waals surface area contributed by atoms with Crippen molar-refractivity contribution in [3.63, 3.8) is 0 Å². The second-order valence-electron chi connectivity index (χ2n) is 5.14. The average molecular weight is 232 g/mol. The van der Waals surface area contributed by atoms with E-state index in [-0.39, 0.29) is 0 Å². The van der Waals surface area contributed by atoms with Crippen LogP contribution in [0.1, 0.15) is 30.9 Å². The Morgan fingerprint density at radius 3 is 2.59 bits per heavy atom. The van der Waals surface area contributed by atoms with Gasteiger partial charge in [0.2, 0.25) is 0 Å². The molecule has 0 bridgehead atoms. The van der Waals surface area contributed by atoms with Crippen LogP contribution in [0.25, 0.3) is 0 Å². The molecule has 1 aliphatic rings. The Labute approximate surface area is 105 Å². The Kier molecular flexibility index (Phi) is 4.57. The first-order valence-corrected chi connectivity index (χ1v) is 6.82. The van der Waals surface area contributed by atoms with Crippen molar-refractivity contribution in [3.05, 3.63) is 35.4 Å². The summed E-state index contributed by atoms with van der Waals surface area (Å²) in [6, 6.07) is 9.05. The summed E-state index contributed by atoms with van der Waals surface area (Å²) in [5.74, 6) is 0.829. The molecule has 0 radical (unpaired) electrons. The fourth-order valence-electron chi connectivity index (χ4n) is 2.67. The number of rotatable bonds is 5. The number of hydrogen-bond acceptors (Lipinski definition) is 2. The first kappa shape index (κ1) is 12.6. The summed E-state index contributed by atoms with van der Waals surface area (Å²) in [5.41, 5.74) is 8.49. The molecule has 1 aromatic carbocycles. The molecule has 1 fully saturated rings. The van der Waals surface area contributed by atoms with E-state index in [4.69, 9.17) is 5.73 Å². The normalized spacial score (nSPS) is 20.9. The van der Waals surface area contributed by atoms with Crippen molar-refractivity contribution in [2.45, 2.75) is 32.7 Å². The first-order chi connectivity index (χ1) is 8.31. The topological polar surface area (TPSA) is 29.3 Å². The van der Waals surface area contributed by atoms with Gasteiger partial charge in [0.15, 0.2) is 0 Å². The largest absolute Gasteiger partial charge is 0.330 e. The lowest BCUT2D eigenvalue weighted by Crippen LogP contribution is -2.20. The van der Waals surface area contributed by atoms with Gasteiger partial charge in [0.05, 0.1) is 0 Å². The van der Waals surface area contributed by atoms with Gasteiger partial charge < -0.3 is 5.73 Å². The first-order valence-electron chi connectivity index (χ1n) is 6.82. The average Bonchev–Trinajstić information content (AvgIpc) is 2.78. The third kappa shape index (κ3) is 3.55. The Bertz CT molecular complexity index is 331. The lowest BCUT2D eigenvalue weighted by molar-refractivity contribution is 0.314. The number of nitrogens with two attached hydrogens (primary N) is 1. The summed E-state index contributed by atoms with van der Waals surface area (Å²) in [7, 11) is 0. The van der Waals surface area contributed by atoms with Gasteiger partial charge in [-0.05, 0) is 49.4 Å². The van der Waals surface area contributed by atoms with Gasteiger partial charge >= 0.3 is 0 Å². The van der Waals surface area contributed by atoms with E-state index in [1.54, 1.807) is 0 Å². The predicted molar refractivity (Wildman–Crippen MR) is 72.9 cm³/mol. The standard InChI is InChI=1S/C15H24N2/c1-2-13-3-5-14(6-4-13)11-17-10-8-15(12-17)7-9-16/h3-6,15H,2,7-12,16H2,1H3. The molecule has 1 atom stereocenters. The summed E-state index contributed by atoms with van der Waals surface area (Å²) in [4.78, 5) is 2.56. The molecular weight excluding hydrogens is 208 g/mol. The molecule has 17 heavy (non-hydrogen) atoms. The van der Waals surface area contributed by atoms with Crippen LogP contribution in [0.3, 0.4) is 0 Å². The molecule has 2 nitrogen and oxygen atoms in total. The van der Waals surface area contributed by atoms with Gasteiger partial charge in [0, 0.05) is 13.1 Å². The zero-order valence-electron chi connectivity index (χ0n) is 10.9. The second kappa shape index (κ2) is 6.18. The van der Waals surface area contributed by atoms with E-state index in [1.807, 2.05) is 0 Å². The minimum absolute atomic E-state index is 0.829. The Balaban J connectivity index is 1.84. The van der Waals surface area contributed by atoms with E-state index in [0.717, 1.165) is 25.4 Å². The molecule has 0 aromatic heterocycles. The zero-order chi connectivity index (χ0) is 12.1. The van der Waals surface area contributed by atoms with Crippen LogP contribution in [-0.4, -0.2) is 24.5 Å². The summed E-state index contributed by atoms with van der Waals surface area (Å²) in [6.07, 6.45) is 3.64. The molecule has 2 N–H and O–H groups in total. The Hall–Kier alpha value is -0.860. The van der Waals surface area contributed by atoms with Gasteiger partial charge in [-0.15, -0.1) is 0 Å². The van der Waals surface area contributed by atoms with Crippen molar-refractivity contribution >= 4 is 0 Å². The maximum atomic E-state index is 5.62. The molecule has 2 heteroatoms. The van der Waals surface area contributed by atoms with Crippen molar-refractivity contribution < 1.29 is 0 Å². The zero-order valence-corrected chi connectivity index (χ0v) is 10.9. The predicted octanol–water partition coefficient (Wildman–Crippen LogP) is 2.42. The molecule has 94 valence electrons. The smallest absolute Gasteiger partial charge is 0.0233 e. The molecule has 0 amide bonds. The maximum absolute atomic E-state index is 5.62. The molecule has 1 aliphatic heterocycles. The van der Waals surface area contributed by atoms with Crippen LogP contribution in [0.15, 0.2) is 24.3 Å². The van der Waals surface area contributed by atoms with E-state index in [2.05, 4.69) is 36.1 Å². The van der Waals surface area contributed by atoms with Gasteiger partial charge in [-0.25, -0.2) is 0 Å². The molecule has 0 saturated carbocycles. The van der Waals surface area contributed by atoms with Crippen molar-refractivity contribution in [3.8, 4) is 0 Å². The summed E-state index contributed by atoms with van der Waals surface area (Å²) < 4.78 is 0. The highest BCUT2D eigenvalue weighted by Crippen LogP contribution is 2.21. The van der Waals surface area contributed by atoms with Crippen molar-refractivity contribution in [1.82, 2.24) is 4.90 Å².